The molecule has 0 aliphatic heterocycles. The van der Waals surface area contributed by atoms with E-state index in [1.807, 2.05) is 19.1 Å². The van der Waals surface area contributed by atoms with Crippen molar-refractivity contribution in [2.75, 3.05) is 6.61 Å². The van der Waals surface area contributed by atoms with E-state index >= 15 is 0 Å². The van der Waals surface area contributed by atoms with Gasteiger partial charge in [-0.15, -0.1) is 0 Å². The van der Waals surface area contributed by atoms with E-state index in [2.05, 4.69) is 0 Å². The summed E-state index contributed by atoms with van der Waals surface area (Å²) in [6.45, 7) is 4.32. The quantitative estimate of drug-likeness (QED) is 0.751. The average Bonchev–Trinajstić information content (AvgIpc) is 2.25. The lowest BCUT2D eigenvalue weighted by Gasteiger charge is -2.11. The van der Waals surface area contributed by atoms with Gasteiger partial charge in [0.25, 0.3) is 0 Å². The molecule has 3 nitrogen and oxygen atoms in total. The molecule has 0 bridgehead atoms. The van der Waals surface area contributed by atoms with Crippen molar-refractivity contribution in [2.24, 2.45) is 5.73 Å². The van der Waals surface area contributed by atoms with Gasteiger partial charge in [0, 0.05) is 0 Å². The monoisotopic (exact) mass is 207 g/mol. The van der Waals surface area contributed by atoms with Crippen molar-refractivity contribution in [3.63, 3.8) is 0 Å². The Morgan fingerprint density at radius 2 is 2.13 bits per heavy atom. The summed E-state index contributed by atoms with van der Waals surface area (Å²) in [5.41, 5.74) is 6.13. The number of ether oxygens (including phenoxy) is 1. The van der Waals surface area contributed by atoms with Crippen LogP contribution >= 0.6 is 0 Å². The highest BCUT2D eigenvalue weighted by Gasteiger charge is 2.15. The normalized spacial score (nSPS) is 12.2. The lowest BCUT2D eigenvalue weighted by molar-refractivity contribution is 0.0964. The fourth-order valence-electron chi connectivity index (χ4n) is 1.25. The Balaban J connectivity index is 2.90. The number of benzene rings is 1. The fourth-order valence-corrected chi connectivity index (χ4v) is 1.25. The third-order valence-corrected chi connectivity index (χ3v) is 2.03. The van der Waals surface area contributed by atoms with Crippen LogP contribution in [0.2, 0.25) is 0 Å². The summed E-state index contributed by atoms with van der Waals surface area (Å²) in [5.74, 6) is 0.545. The van der Waals surface area contributed by atoms with Crippen LogP contribution < -0.4 is 10.5 Å². The second kappa shape index (κ2) is 5.51. The summed E-state index contributed by atoms with van der Waals surface area (Å²) in [6, 6.07) is 6.72. The van der Waals surface area contributed by atoms with E-state index in [0.717, 1.165) is 6.42 Å². The van der Waals surface area contributed by atoms with Gasteiger partial charge in [-0.2, -0.15) is 0 Å². The van der Waals surface area contributed by atoms with Crippen molar-refractivity contribution in [1.82, 2.24) is 0 Å². The molecule has 0 aliphatic carbocycles. The van der Waals surface area contributed by atoms with Crippen molar-refractivity contribution >= 4 is 5.78 Å². The minimum atomic E-state index is -0.489. The number of rotatable bonds is 5. The van der Waals surface area contributed by atoms with Crippen molar-refractivity contribution in [1.29, 1.82) is 0 Å². The summed E-state index contributed by atoms with van der Waals surface area (Å²) < 4.78 is 5.48. The van der Waals surface area contributed by atoms with Gasteiger partial charge in [-0.05, 0) is 25.5 Å². The lowest BCUT2D eigenvalue weighted by atomic mass is 10.1. The van der Waals surface area contributed by atoms with E-state index in [1.54, 1.807) is 19.1 Å². The topological polar surface area (TPSA) is 52.3 Å². The second-order valence-electron chi connectivity index (χ2n) is 3.50. The molecule has 0 fully saturated rings. The van der Waals surface area contributed by atoms with E-state index in [1.165, 1.54) is 0 Å². The minimum Gasteiger partial charge on any atom is -0.493 e. The molecule has 1 unspecified atom stereocenters. The van der Waals surface area contributed by atoms with Crippen LogP contribution in [0.4, 0.5) is 0 Å². The number of ketones is 1. The molecule has 0 amide bonds. The van der Waals surface area contributed by atoms with E-state index < -0.39 is 6.04 Å². The Morgan fingerprint density at radius 1 is 1.47 bits per heavy atom. The summed E-state index contributed by atoms with van der Waals surface area (Å²) in [5, 5.41) is 0. The van der Waals surface area contributed by atoms with Gasteiger partial charge < -0.3 is 10.5 Å². The molecular formula is C12H17NO2. The zero-order chi connectivity index (χ0) is 11.3. The summed E-state index contributed by atoms with van der Waals surface area (Å²) in [6.07, 6.45) is 0.917. The van der Waals surface area contributed by atoms with Crippen LogP contribution in [0.1, 0.15) is 30.6 Å². The third-order valence-electron chi connectivity index (χ3n) is 2.03. The van der Waals surface area contributed by atoms with E-state index in [-0.39, 0.29) is 5.78 Å². The average molecular weight is 207 g/mol. The van der Waals surface area contributed by atoms with E-state index in [0.29, 0.717) is 17.9 Å². The smallest absolute Gasteiger partial charge is 0.182 e. The molecule has 0 heterocycles. The van der Waals surface area contributed by atoms with Crippen molar-refractivity contribution in [2.45, 2.75) is 26.3 Å². The predicted octanol–water partition coefficient (Wildman–Crippen LogP) is 2.01. The molecule has 1 aromatic carbocycles. The van der Waals surface area contributed by atoms with Crippen LogP contribution in [0.25, 0.3) is 0 Å². The van der Waals surface area contributed by atoms with Crippen LogP contribution in [-0.4, -0.2) is 18.4 Å². The zero-order valence-corrected chi connectivity index (χ0v) is 9.19. The molecule has 0 aliphatic rings. The minimum absolute atomic E-state index is 0.0818. The molecule has 82 valence electrons. The van der Waals surface area contributed by atoms with E-state index in [9.17, 15) is 4.79 Å². The summed E-state index contributed by atoms with van der Waals surface area (Å²) in [7, 11) is 0. The van der Waals surface area contributed by atoms with E-state index in [4.69, 9.17) is 10.5 Å². The highest BCUT2D eigenvalue weighted by molar-refractivity contribution is 6.01. The Kier molecular flexibility index (Phi) is 4.31. The first-order valence-corrected chi connectivity index (χ1v) is 5.18. The van der Waals surface area contributed by atoms with Crippen LogP contribution in [0.3, 0.4) is 0 Å². The molecule has 0 radical (unpaired) electrons. The second-order valence-corrected chi connectivity index (χ2v) is 3.50. The third kappa shape index (κ3) is 3.06. The number of nitrogens with two attached hydrogens (primary N) is 1. The van der Waals surface area contributed by atoms with Gasteiger partial charge >= 0.3 is 0 Å². The number of carbonyl (C=O) groups is 1. The Bertz CT molecular complexity index is 334. The number of hydrogen-bond donors (Lipinski definition) is 1. The van der Waals surface area contributed by atoms with Gasteiger partial charge in [0.15, 0.2) is 5.78 Å². The van der Waals surface area contributed by atoms with Crippen LogP contribution in [0.5, 0.6) is 5.75 Å². The molecule has 1 atom stereocenters. The van der Waals surface area contributed by atoms with Crippen LogP contribution in [0.15, 0.2) is 24.3 Å². The molecule has 3 heteroatoms. The lowest BCUT2D eigenvalue weighted by Crippen LogP contribution is -2.27. The molecule has 0 saturated heterocycles. The molecule has 2 N–H and O–H groups in total. The maximum atomic E-state index is 11.7. The van der Waals surface area contributed by atoms with Gasteiger partial charge in [0.05, 0.1) is 18.2 Å². The Labute approximate surface area is 90.2 Å². The number of para-hydroxylation sites is 1. The SMILES string of the molecule is CCCOc1ccccc1C(=O)C(C)N. The van der Waals surface area contributed by atoms with Gasteiger partial charge in [-0.3, -0.25) is 4.79 Å². The highest BCUT2D eigenvalue weighted by Crippen LogP contribution is 2.19. The van der Waals surface area contributed by atoms with Crippen molar-refractivity contribution in [3.8, 4) is 5.75 Å². The predicted molar refractivity (Wildman–Crippen MR) is 60.2 cm³/mol. The number of Topliss-reactive ketones (excluding diaryl/α,β-unsaturated/α-hetero) is 1. The zero-order valence-electron chi connectivity index (χ0n) is 9.19. The first kappa shape index (κ1) is 11.7. The summed E-state index contributed by atoms with van der Waals surface area (Å²) in [4.78, 5) is 11.7. The molecule has 15 heavy (non-hydrogen) atoms. The summed E-state index contributed by atoms with van der Waals surface area (Å²) >= 11 is 0. The van der Waals surface area contributed by atoms with Crippen LogP contribution in [0, 0.1) is 0 Å². The maximum Gasteiger partial charge on any atom is 0.182 e. The van der Waals surface area contributed by atoms with Gasteiger partial charge in [0.1, 0.15) is 5.75 Å². The highest BCUT2D eigenvalue weighted by atomic mass is 16.5. The first-order valence-electron chi connectivity index (χ1n) is 5.18. The maximum absolute atomic E-state index is 11.7. The molecule has 1 rings (SSSR count). The Morgan fingerprint density at radius 3 is 2.73 bits per heavy atom. The van der Waals surface area contributed by atoms with Gasteiger partial charge in [-0.1, -0.05) is 19.1 Å². The van der Waals surface area contributed by atoms with Gasteiger partial charge in [0.2, 0.25) is 0 Å². The molecule has 0 aromatic heterocycles. The number of carbonyl (C=O) groups excluding carboxylic acids is 1. The number of hydrogen-bond acceptors (Lipinski definition) is 3. The fraction of sp³-hybridized carbons (Fsp3) is 0.417. The van der Waals surface area contributed by atoms with Gasteiger partial charge in [-0.25, -0.2) is 0 Å². The molecule has 0 saturated carbocycles. The largest absolute Gasteiger partial charge is 0.493 e. The first-order chi connectivity index (χ1) is 7.16. The molecule has 1 aromatic rings. The molecule has 0 spiro atoms. The Hall–Kier alpha value is -1.35. The van der Waals surface area contributed by atoms with Crippen molar-refractivity contribution < 1.29 is 9.53 Å². The standard InChI is InChI=1S/C12H17NO2/c1-3-8-15-11-7-5-4-6-10(11)12(14)9(2)13/h4-7,9H,3,8,13H2,1-2H3. The molecular weight excluding hydrogens is 190 g/mol. The van der Waals surface area contributed by atoms with Crippen molar-refractivity contribution in [3.05, 3.63) is 29.8 Å². The van der Waals surface area contributed by atoms with Crippen LogP contribution in [-0.2, 0) is 0 Å².